The van der Waals surface area contributed by atoms with Gasteiger partial charge in [-0.05, 0) is 24.0 Å². The number of aliphatic hydroxyl groups excluding tert-OH is 1. The minimum absolute atomic E-state index is 0.180. The lowest BCUT2D eigenvalue weighted by Crippen LogP contribution is -2.54. The first-order chi connectivity index (χ1) is 13.2. The van der Waals surface area contributed by atoms with Crippen molar-refractivity contribution in [2.45, 2.75) is 43.7 Å². The minimum Gasteiger partial charge on any atom is -0.394 e. The van der Waals surface area contributed by atoms with E-state index in [9.17, 15) is 14.7 Å². The van der Waals surface area contributed by atoms with Gasteiger partial charge in [0.1, 0.15) is 6.04 Å². The van der Waals surface area contributed by atoms with Crippen molar-refractivity contribution in [3.05, 3.63) is 71.8 Å². The Bertz CT molecular complexity index is 756. The van der Waals surface area contributed by atoms with Crippen LogP contribution in [0.3, 0.4) is 0 Å². The Balaban J connectivity index is 1.67. The van der Waals surface area contributed by atoms with Gasteiger partial charge in [0.15, 0.2) is 0 Å². The highest BCUT2D eigenvalue weighted by molar-refractivity contribution is 5.93. The smallest absolute Gasteiger partial charge is 0.245 e. The van der Waals surface area contributed by atoms with E-state index in [0.717, 1.165) is 36.8 Å². The molecule has 1 aliphatic rings. The van der Waals surface area contributed by atoms with Crippen molar-refractivity contribution in [3.63, 3.8) is 0 Å². The molecule has 2 aromatic rings. The van der Waals surface area contributed by atoms with E-state index in [-0.39, 0.29) is 11.8 Å². The van der Waals surface area contributed by atoms with E-state index in [2.05, 4.69) is 10.6 Å². The largest absolute Gasteiger partial charge is 0.394 e. The van der Waals surface area contributed by atoms with Gasteiger partial charge in [0.05, 0.1) is 12.0 Å². The van der Waals surface area contributed by atoms with Crippen LogP contribution in [0.1, 0.15) is 36.8 Å². The summed E-state index contributed by atoms with van der Waals surface area (Å²) in [6.45, 7) is -0.0763. The predicted octanol–water partition coefficient (Wildman–Crippen LogP) is 2.29. The maximum atomic E-state index is 13.1. The molecule has 2 aromatic carbocycles. The van der Waals surface area contributed by atoms with Gasteiger partial charge in [0.2, 0.25) is 11.8 Å². The van der Waals surface area contributed by atoms with Crippen molar-refractivity contribution in [3.8, 4) is 0 Å². The zero-order valence-electron chi connectivity index (χ0n) is 15.4. The molecule has 3 N–H and O–H groups in total. The summed E-state index contributed by atoms with van der Waals surface area (Å²) in [4.78, 5) is 25.6. The van der Waals surface area contributed by atoms with Crippen LogP contribution in [0.2, 0.25) is 0 Å². The SMILES string of the molecule is O=C(NCc1ccccc1)[C@H](CO)NC(=O)C1(c2ccccc2)CCCC1. The van der Waals surface area contributed by atoms with Crippen LogP contribution in [0.5, 0.6) is 0 Å². The number of nitrogens with one attached hydrogen (secondary N) is 2. The monoisotopic (exact) mass is 366 g/mol. The number of benzene rings is 2. The van der Waals surface area contributed by atoms with Gasteiger partial charge in [-0.25, -0.2) is 0 Å². The number of amides is 2. The van der Waals surface area contributed by atoms with Gasteiger partial charge < -0.3 is 15.7 Å². The fourth-order valence-corrected chi connectivity index (χ4v) is 3.78. The molecule has 0 radical (unpaired) electrons. The average Bonchev–Trinajstić information content (AvgIpc) is 3.23. The van der Waals surface area contributed by atoms with E-state index < -0.39 is 18.1 Å². The summed E-state index contributed by atoms with van der Waals surface area (Å²) in [5, 5.41) is 15.2. The summed E-state index contributed by atoms with van der Waals surface area (Å²) in [5.74, 6) is -0.559. The first-order valence-corrected chi connectivity index (χ1v) is 9.45. The van der Waals surface area contributed by atoms with Crippen LogP contribution in [0.4, 0.5) is 0 Å². The van der Waals surface area contributed by atoms with Crippen molar-refractivity contribution in [1.82, 2.24) is 10.6 Å². The zero-order valence-corrected chi connectivity index (χ0v) is 15.4. The molecule has 142 valence electrons. The highest BCUT2D eigenvalue weighted by Gasteiger charge is 2.43. The molecule has 1 atom stereocenters. The molecular formula is C22H26N2O3. The Kier molecular flexibility index (Phi) is 6.24. The number of rotatable bonds is 7. The fraction of sp³-hybridized carbons (Fsp3) is 0.364. The molecule has 3 rings (SSSR count). The first kappa shape index (κ1) is 19.1. The van der Waals surface area contributed by atoms with Crippen molar-refractivity contribution in [2.75, 3.05) is 6.61 Å². The molecule has 1 aliphatic carbocycles. The van der Waals surface area contributed by atoms with Crippen molar-refractivity contribution in [2.24, 2.45) is 0 Å². The maximum absolute atomic E-state index is 13.1. The molecule has 0 saturated heterocycles. The molecule has 1 fully saturated rings. The number of hydrogen-bond donors (Lipinski definition) is 3. The van der Waals surface area contributed by atoms with Crippen LogP contribution < -0.4 is 10.6 Å². The van der Waals surface area contributed by atoms with Crippen molar-refractivity contribution in [1.29, 1.82) is 0 Å². The van der Waals surface area contributed by atoms with Gasteiger partial charge in [-0.15, -0.1) is 0 Å². The second-order valence-corrected chi connectivity index (χ2v) is 7.07. The highest BCUT2D eigenvalue weighted by atomic mass is 16.3. The van der Waals surface area contributed by atoms with E-state index in [1.807, 2.05) is 60.7 Å². The highest BCUT2D eigenvalue weighted by Crippen LogP contribution is 2.41. The third-order valence-corrected chi connectivity index (χ3v) is 5.33. The molecule has 0 unspecified atom stereocenters. The summed E-state index contributed by atoms with van der Waals surface area (Å²) in [5.41, 5.74) is 1.32. The third-order valence-electron chi connectivity index (χ3n) is 5.33. The van der Waals surface area contributed by atoms with E-state index in [1.54, 1.807) is 0 Å². The first-order valence-electron chi connectivity index (χ1n) is 9.45. The Hall–Kier alpha value is -2.66. The molecule has 0 heterocycles. The number of hydrogen-bond acceptors (Lipinski definition) is 3. The van der Waals surface area contributed by atoms with E-state index in [1.165, 1.54) is 0 Å². The van der Waals surface area contributed by atoms with Crippen molar-refractivity contribution < 1.29 is 14.7 Å². The molecular weight excluding hydrogens is 340 g/mol. The van der Waals surface area contributed by atoms with Crippen molar-refractivity contribution >= 4 is 11.8 Å². The number of carbonyl (C=O) groups excluding carboxylic acids is 2. The van der Waals surface area contributed by atoms with Gasteiger partial charge in [0.25, 0.3) is 0 Å². The van der Waals surface area contributed by atoms with Crippen LogP contribution in [0, 0.1) is 0 Å². The Labute approximate surface area is 159 Å². The molecule has 1 saturated carbocycles. The normalized spacial score (nSPS) is 16.5. The molecule has 0 spiro atoms. The van der Waals surface area contributed by atoms with Crippen LogP contribution in [0.25, 0.3) is 0 Å². The lowest BCUT2D eigenvalue weighted by Gasteiger charge is -2.30. The van der Waals surface area contributed by atoms with Crippen LogP contribution in [-0.4, -0.2) is 29.6 Å². The van der Waals surface area contributed by atoms with Gasteiger partial charge >= 0.3 is 0 Å². The topological polar surface area (TPSA) is 78.4 Å². The Morgan fingerprint density at radius 2 is 1.56 bits per heavy atom. The van der Waals surface area contributed by atoms with Gasteiger partial charge in [-0.2, -0.15) is 0 Å². The zero-order chi connectivity index (χ0) is 19.1. The maximum Gasteiger partial charge on any atom is 0.245 e. The quantitative estimate of drug-likeness (QED) is 0.704. The molecule has 0 bridgehead atoms. The predicted molar refractivity (Wildman–Crippen MR) is 104 cm³/mol. The molecule has 5 nitrogen and oxygen atoms in total. The molecule has 27 heavy (non-hydrogen) atoms. The summed E-state index contributed by atoms with van der Waals surface area (Å²) in [7, 11) is 0. The van der Waals surface area contributed by atoms with E-state index in [4.69, 9.17) is 0 Å². The van der Waals surface area contributed by atoms with E-state index in [0.29, 0.717) is 6.54 Å². The molecule has 0 aliphatic heterocycles. The standard InChI is InChI=1S/C22H26N2O3/c25-16-19(20(26)23-15-17-9-3-1-4-10-17)24-21(27)22(13-7-8-14-22)18-11-5-2-6-12-18/h1-6,9-12,19,25H,7-8,13-16H2,(H,23,26)(H,24,27)/t19-/m0/s1. The summed E-state index contributed by atoms with van der Waals surface area (Å²) >= 11 is 0. The second kappa shape index (κ2) is 8.82. The van der Waals surface area contributed by atoms with Crippen LogP contribution >= 0.6 is 0 Å². The summed E-state index contributed by atoms with van der Waals surface area (Å²) in [6.07, 6.45) is 3.47. The summed E-state index contributed by atoms with van der Waals surface area (Å²) in [6, 6.07) is 18.3. The van der Waals surface area contributed by atoms with Gasteiger partial charge in [-0.1, -0.05) is 73.5 Å². The lowest BCUT2D eigenvalue weighted by atomic mass is 9.78. The van der Waals surface area contributed by atoms with Gasteiger partial charge in [-0.3, -0.25) is 9.59 Å². The summed E-state index contributed by atoms with van der Waals surface area (Å²) < 4.78 is 0. The number of aliphatic hydroxyl groups is 1. The minimum atomic E-state index is -0.956. The molecule has 2 amide bonds. The fourth-order valence-electron chi connectivity index (χ4n) is 3.78. The Morgan fingerprint density at radius 1 is 0.963 bits per heavy atom. The molecule has 0 aromatic heterocycles. The Morgan fingerprint density at radius 3 is 2.15 bits per heavy atom. The third kappa shape index (κ3) is 4.37. The molecule has 5 heteroatoms. The lowest BCUT2D eigenvalue weighted by molar-refractivity contribution is -0.133. The van der Waals surface area contributed by atoms with Crippen LogP contribution in [-0.2, 0) is 21.5 Å². The average molecular weight is 366 g/mol. The number of carbonyl (C=O) groups is 2. The second-order valence-electron chi connectivity index (χ2n) is 7.07. The van der Waals surface area contributed by atoms with E-state index >= 15 is 0 Å². The van der Waals surface area contributed by atoms with Gasteiger partial charge in [0, 0.05) is 6.54 Å². The van der Waals surface area contributed by atoms with Crippen LogP contribution in [0.15, 0.2) is 60.7 Å².